The summed E-state index contributed by atoms with van der Waals surface area (Å²) in [4.78, 5) is 38.7. The van der Waals surface area contributed by atoms with Crippen LogP contribution in [-0.2, 0) is 22.5 Å². The number of pyridine rings is 2. The van der Waals surface area contributed by atoms with Gasteiger partial charge in [-0.3, -0.25) is 9.69 Å². The number of rotatable bonds is 7. The molecule has 3 aromatic heterocycles. The van der Waals surface area contributed by atoms with Crippen LogP contribution in [0.2, 0.25) is 0 Å². The first kappa shape index (κ1) is 27.4. The number of anilines is 3. The second kappa shape index (κ2) is 11.3. The van der Waals surface area contributed by atoms with E-state index in [2.05, 4.69) is 20.1 Å². The Morgan fingerprint density at radius 2 is 1.95 bits per heavy atom. The topological polar surface area (TPSA) is 140 Å². The number of carbonyl (C=O) groups is 1. The summed E-state index contributed by atoms with van der Waals surface area (Å²) >= 11 is 0. The van der Waals surface area contributed by atoms with Gasteiger partial charge >= 0.3 is 0 Å². The van der Waals surface area contributed by atoms with Crippen molar-refractivity contribution in [2.45, 2.75) is 69.9 Å². The predicted molar refractivity (Wildman–Crippen MR) is 156 cm³/mol. The van der Waals surface area contributed by atoms with E-state index >= 15 is 0 Å². The summed E-state index contributed by atoms with van der Waals surface area (Å²) in [6.07, 6.45) is 5.93. The number of aromatic nitrogens is 4. The summed E-state index contributed by atoms with van der Waals surface area (Å²) in [6, 6.07) is 6.72. The number of ether oxygens (including phenoxy) is 1. The SMILES string of the molecule is CC(O)c1cc2cnc(Nc3ccc4c(n3)CCN(C(=O)C3CN(CCO)CCO3)C4)nc2c(N2C3CCC2CC3)n1. The van der Waals surface area contributed by atoms with Gasteiger partial charge in [0.25, 0.3) is 5.91 Å². The Labute approximate surface area is 244 Å². The highest BCUT2D eigenvalue weighted by atomic mass is 16.5. The van der Waals surface area contributed by atoms with E-state index < -0.39 is 12.2 Å². The third-order valence-electron chi connectivity index (χ3n) is 9.13. The molecule has 4 aliphatic heterocycles. The predicted octanol–water partition coefficient (Wildman–Crippen LogP) is 1.93. The number of hydrogen-bond acceptors (Lipinski definition) is 11. The number of nitrogens with zero attached hydrogens (tertiary/aromatic N) is 7. The van der Waals surface area contributed by atoms with Gasteiger partial charge in [0.05, 0.1) is 25.0 Å². The summed E-state index contributed by atoms with van der Waals surface area (Å²) < 4.78 is 5.77. The standard InChI is InChI=1S/C30H38N8O4/c1-18(40)24-14-20-15-31-30(35-27(20)28(33-24)38-21-3-4-22(38)6-5-21)34-26-7-2-19-16-37(9-8-23(19)32-26)29(41)25-17-36(10-12-39)11-13-42-25/h2,7,14-15,18,21-22,25,39-40H,3-6,8-13,16-17H2,1H3,(H,31,32,34,35). The number of amides is 1. The van der Waals surface area contributed by atoms with Crippen LogP contribution in [0.15, 0.2) is 24.4 Å². The molecule has 7 heterocycles. The van der Waals surface area contributed by atoms with Crippen molar-refractivity contribution in [2.75, 3.05) is 49.6 Å². The molecule has 0 spiro atoms. The van der Waals surface area contributed by atoms with Crippen LogP contribution in [0.3, 0.4) is 0 Å². The lowest BCUT2D eigenvalue weighted by Crippen LogP contribution is -2.52. The number of nitrogens with one attached hydrogen (secondary N) is 1. The van der Waals surface area contributed by atoms with E-state index in [4.69, 9.17) is 19.7 Å². The highest BCUT2D eigenvalue weighted by Gasteiger charge is 2.41. The molecule has 2 atom stereocenters. The monoisotopic (exact) mass is 574 g/mol. The third kappa shape index (κ3) is 5.17. The summed E-state index contributed by atoms with van der Waals surface area (Å²) in [5.41, 5.74) is 3.39. The lowest BCUT2D eigenvalue weighted by atomic mass is 10.0. The van der Waals surface area contributed by atoms with E-state index in [9.17, 15) is 15.0 Å². The number of morpholine rings is 1. The molecule has 0 saturated carbocycles. The molecule has 12 heteroatoms. The van der Waals surface area contributed by atoms with Crippen molar-refractivity contribution in [3.8, 4) is 0 Å². The number of β-amino-alcohol motifs (C(OH)–C–C–N with tert-alkyl or cyclic N) is 1. The van der Waals surface area contributed by atoms with Gasteiger partial charge < -0.3 is 30.1 Å². The zero-order chi connectivity index (χ0) is 28.8. The molecule has 0 radical (unpaired) electrons. The van der Waals surface area contributed by atoms with Crippen molar-refractivity contribution in [1.29, 1.82) is 0 Å². The Kier molecular flexibility index (Phi) is 7.39. The fraction of sp³-hybridized carbons (Fsp3) is 0.567. The highest BCUT2D eigenvalue weighted by Crippen LogP contribution is 2.42. The van der Waals surface area contributed by atoms with Gasteiger partial charge in [-0.2, -0.15) is 0 Å². The van der Waals surface area contributed by atoms with Crippen molar-refractivity contribution in [3.05, 3.63) is 41.3 Å². The molecule has 2 unspecified atom stereocenters. The maximum absolute atomic E-state index is 13.2. The first-order valence-electron chi connectivity index (χ1n) is 15.1. The van der Waals surface area contributed by atoms with E-state index in [0.717, 1.165) is 34.5 Å². The Morgan fingerprint density at radius 1 is 1.14 bits per heavy atom. The summed E-state index contributed by atoms with van der Waals surface area (Å²) in [7, 11) is 0. The van der Waals surface area contributed by atoms with Gasteiger partial charge in [0, 0.05) is 68.5 Å². The molecular formula is C30H38N8O4. The minimum absolute atomic E-state index is 0.00958. The van der Waals surface area contributed by atoms with Gasteiger partial charge in [-0.05, 0) is 50.3 Å². The third-order valence-corrected chi connectivity index (χ3v) is 9.13. The number of aliphatic hydroxyl groups excluding tert-OH is 2. The molecular weight excluding hydrogens is 536 g/mol. The van der Waals surface area contributed by atoms with Crippen LogP contribution in [0, 0.1) is 0 Å². The number of aliphatic hydroxyl groups is 2. The molecule has 3 aromatic rings. The van der Waals surface area contributed by atoms with Crippen LogP contribution < -0.4 is 10.2 Å². The van der Waals surface area contributed by atoms with E-state index in [0.29, 0.717) is 68.8 Å². The summed E-state index contributed by atoms with van der Waals surface area (Å²) in [5, 5.41) is 23.7. The molecule has 42 heavy (non-hydrogen) atoms. The summed E-state index contributed by atoms with van der Waals surface area (Å²) in [5.74, 6) is 1.93. The fourth-order valence-electron chi connectivity index (χ4n) is 6.94. The minimum atomic E-state index is -0.673. The lowest BCUT2D eigenvalue weighted by Gasteiger charge is -2.36. The Balaban J connectivity index is 1.09. The van der Waals surface area contributed by atoms with E-state index in [1.807, 2.05) is 23.1 Å². The van der Waals surface area contributed by atoms with Gasteiger partial charge in [-0.1, -0.05) is 6.07 Å². The molecule has 12 nitrogen and oxygen atoms in total. The Morgan fingerprint density at radius 3 is 2.71 bits per heavy atom. The molecule has 222 valence electrons. The van der Waals surface area contributed by atoms with Crippen LogP contribution in [-0.4, -0.2) is 103 Å². The van der Waals surface area contributed by atoms with Crippen molar-refractivity contribution in [2.24, 2.45) is 0 Å². The highest BCUT2D eigenvalue weighted by molar-refractivity contribution is 5.90. The van der Waals surface area contributed by atoms with E-state index in [-0.39, 0.29) is 12.5 Å². The molecule has 0 aliphatic carbocycles. The molecule has 4 aliphatic rings. The second-order valence-electron chi connectivity index (χ2n) is 11.9. The number of carbonyl (C=O) groups excluding carboxylic acids is 1. The van der Waals surface area contributed by atoms with Crippen LogP contribution in [0.4, 0.5) is 17.6 Å². The molecule has 1 amide bonds. The van der Waals surface area contributed by atoms with Gasteiger partial charge in [0.1, 0.15) is 17.4 Å². The molecule has 7 rings (SSSR count). The smallest absolute Gasteiger partial charge is 0.253 e. The van der Waals surface area contributed by atoms with Crippen molar-refractivity contribution >= 4 is 34.4 Å². The maximum Gasteiger partial charge on any atom is 0.253 e. The van der Waals surface area contributed by atoms with Gasteiger partial charge in [0.15, 0.2) is 5.82 Å². The Hall–Kier alpha value is -3.45. The van der Waals surface area contributed by atoms with E-state index in [1.54, 1.807) is 13.1 Å². The fourth-order valence-corrected chi connectivity index (χ4v) is 6.94. The van der Waals surface area contributed by atoms with E-state index in [1.165, 1.54) is 25.7 Å². The van der Waals surface area contributed by atoms with Crippen LogP contribution >= 0.6 is 0 Å². The quantitative estimate of drug-likeness (QED) is 0.381. The molecule has 0 aromatic carbocycles. The first-order valence-corrected chi connectivity index (χ1v) is 15.1. The van der Waals surface area contributed by atoms with Crippen molar-refractivity contribution < 1.29 is 19.7 Å². The van der Waals surface area contributed by atoms with Gasteiger partial charge in [-0.25, -0.2) is 19.9 Å². The molecule has 2 bridgehead atoms. The van der Waals surface area contributed by atoms with Gasteiger partial charge in [-0.15, -0.1) is 0 Å². The van der Waals surface area contributed by atoms with Crippen molar-refractivity contribution in [3.63, 3.8) is 0 Å². The zero-order valence-corrected chi connectivity index (χ0v) is 23.9. The van der Waals surface area contributed by atoms with Crippen LogP contribution in [0.5, 0.6) is 0 Å². The molecule has 3 saturated heterocycles. The summed E-state index contributed by atoms with van der Waals surface area (Å²) in [6.45, 7) is 5.16. The number of hydrogen-bond donors (Lipinski definition) is 3. The molecule has 3 N–H and O–H groups in total. The van der Waals surface area contributed by atoms with Gasteiger partial charge in [0.2, 0.25) is 5.95 Å². The normalized spacial score (nSPS) is 24.7. The first-order chi connectivity index (χ1) is 20.5. The average molecular weight is 575 g/mol. The Bertz CT molecular complexity index is 1460. The number of fused-ring (bicyclic) bond motifs is 4. The lowest BCUT2D eigenvalue weighted by molar-refractivity contribution is -0.150. The average Bonchev–Trinajstić information content (AvgIpc) is 3.61. The maximum atomic E-state index is 13.2. The largest absolute Gasteiger partial charge is 0.395 e. The van der Waals surface area contributed by atoms with Crippen LogP contribution in [0.25, 0.3) is 10.9 Å². The zero-order valence-electron chi connectivity index (χ0n) is 23.9. The van der Waals surface area contributed by atoms with Crippen LogP contribution in [0.1, 0.15) is 55.7 Å². The second-order valence-corrected chi connectivity index (χ2v) is 11.9. The minimum Gasteiger partial charge on any atom is -0.395 e. The van der Waals surface area contributed by atoms with Crippen molar-refractivity contribution in [1.82, 2.24) is 29.7 Å². The molecule has 3 fully saturated rings.